The largest absolute Gasteiger partial charge is 0.459 e. The summed E-state index contributed by atoms with van der Waals surface area (Å²) in [5.41, 5.74) is 6.67. The molecule has 0 aliphatic heterocycles. The van der Waals surface area contributed by atoms with Crippen molar-refractivity contribution in [2.75, 3.05) is 0 Å². The average Bonchev–Trinajstić information content (AvgIpc) is 3.43. The Bertz CT molecular complexity index is 804. The number of rotatable bonds is 6. The number of fused-ring (bicyclic) bond motifs is 1. The minimum absolute atomic E-state index is 0.134. The Kier molecular flexibility index (Phi) is 5.89. The highest BCUT2D eigenvalue weighted by Crippen LogP contribution is 2.45. The lowest BCUT2D eigenvalue weighted by Crippen LogP contribution is -2.33. The van der Waals surface area contributed by atoms with Crippen LogP contribution in [0.15, 0.2) is 41.5 Å². The van der Waals surface area contributed by atoms with Crippen molar-refractivity contribution in [2.24, 2.45) is 0 Å². The zero-order chi connectivity index (χ0) is 20.5. The van der Waals surface area contributed by atoms with Crippen LogP contribution in [0.25, 0.3) is 0 Å². The third-order valence-electron chi connectivity index (χ3n) is 6.51. The van der Waals surface area contributed by atoms with Crippen molar-refractivity contribution in [3.8, 4) is 0 Å². The molecular formula is C26H36O2. The molecule has 0 N–H and O–H groups in total. The second kappa shape index (κ2) is 7.89. The van der Waals surface area contributed by atoms with Gasteiger partial charge in [-0.15, -0.1) is 0 Å². The smallest absolute Gasteiger partial charge is 0.334 e. The number of carbonyl (C=O) groups is 1. The molecule has 0 unspecified atom stereocenters. The topological polar surface area (TPSA) is 26.3 Å². The zero-order valence-corrected chi connectivity index (χ0v) is 18.5. The summed E-state index contributed by atoms with van der Waals surface area (Å²) in [4.78, 5) is 12.3. The quantitative estimate of drug-likeness (QED) is 0.317. The number of benzene rings is 1. The molecule has 1 fully saturated rings. The van der Waals surface area contributed by atoms with Crippen molar-refractivity contribution < 1.29 is 9.53 Å². The molecule has 0 aromatic heterocycles. The molecular weight excluding hydrogens is 344 g/mol. The maximum absolute atomic E-state index is 12.3. The second-order valence-electron chi connectivity index (χ2n) is 9.87. The van der Waals surface area contributed by atoms with E-state index in [0.29, 0.717) is 6.42 Å². The van der Waals surface area contributed by atoms with Crippen LogP contribution in [0, 0.1) is 0 Å². The Balaban J connectivity index is 1.75. The van der Waals surface area contributed by atoms with Gasteiger partial charge in [-0.3, -0.25) is 0 Å². The number of esters is 1. The molecule has 0 spiro atoms. The SMILES string of the molecule is CCC(C(=O)OC1CC1)=C(C)C=CCc1ccc2c(c1)C(C)(C)CCC2(C)C. The van der Waals surface area contributed by atoms with E-state index in [4.69, 9.17) is 4.74 Å². The molecule has 2 nitrogen and oxygen atoms in total. The van der Waals surface area contributed by atoms with Crippen LogP contribution in [-0.2, 0) is 26.8 Å². The predicted molar refractivity (Wildman–Crippen MR) is 117 cm³/mol. The fraction of sp³-hybridized carbons (Fsp3) is 0.577. The Morgan fingerprint density at radius 1 is 1.11 bits per heavy atom. The highest BCUT2D eigenvalue weighted by Gasteiger charge is 2.36. The van der Waals surface area contributed by atoms with E-state index in [1.165, 1.54) is 29.5 Å². The van der Waals surface area contributed by atoms with E-state index in [1.807, 2.05) is 13.8 Å². The van der Waals surface area contributed by atoms with Gasteiger partial charge >= 0.3 is 5.97 Å². The van der Waals surface area contributed by atoms with Gasteiger partial charge in [-0.25, -0.2) is 4.79 Å². The van der Waals surface area contributed by atoms with E-state index in [2.05, 4.69) is 58.0 Å². The Morgan fingerprint density at radius 3 is 2.36 bits per heavy atom. The maximum Gasteiger partial charge on any atom is 0.334 e. The Morgan fingerprint density at radius 2 is 1.75 bits per heavy atom. The normalized spacial score (nSPS) is 21.2. The molecule has 3 rings (SSSR count). The summed E-state index contributed by atoms with van der Waals surface area (Å²) >= 11 is 0. The van der Waals surface area contributed by atoms with E-state index in [0.717, 1.165) is 30.4 Å². The highest BCUT2D eigenvalue weighted by molar-refractivity contribution is 5.90. The Hall–Kier alpha value is -1.83. The molecule has 0 amide bonds. The van der Waals surface area contributed by atoms with Gasteiger partial charge < -0.3 is 4.74 Å². The van der Waals surface area contributed by atoms with Crippen LogP contribution in [0.1, 0.15) is 90.3 Å². The van der Waals surface area contributed by atoms with Gasteiger partial charge in [0.05, 0.1) is 0 Å². The van der Waals surface area contributed by atoms with Gasteiger partial charge in [-0.1, -0.05) is 65.0 Å². The summed E-state index contributed by atoms with van der Waals surface area (Å²) in [6.07, 6.45) is 10.5. The first-order valence-electron chi connectivity index (χ1n) is 10.9. The summed E-state index contributed by atoms with van der Waals surface area (Å²) < 4.78 is 5.47. The number of ether oxygens (including phenoxy) is 1. The molecule has 28 heavy (non-hydrogen) atoms. The van der Waals surface area contributed by atoms with E-state index < -0.39 is 0 Å². The third kappa shape index (κ3) is 4.59. The van der Waals surface area contributed by atoms with Crippen LogP contribution in [0.2, 0.25) is 0 Å². The lowest BCUT2D eigenvalue weighted by atomic mass is 9.63. The van der Waals surface area contributed by atoms with Crippen molar-refractivity contribution in [1.29, 1.82) is 0 Å². The van der Waals surface area contributed by atoms with Gasteiger partial charge in [-0.05, 0) is 78.5 Å². The van der Waals surface area contributed by atoms with Crippen LogP contribution in [0.4, 0.5) is 0 Å². The monoisotopic (exact) mass is 380 g/mol. The fourth-order valence-corrected chi connectivity index (χ4v) is 4.23. The lowest BCUT2D eigenvalue weighted by Gasteiger charge is -2.42. The number of hydrogen-bond donors (Lipinski definition) is 0. The lowest BCUT2D eigenvalue weighted by molar-refractivity contribution is -0.140. The van der Waals surface area contributed by atoms with Gasteiger partial charge in [0, 0.05) is 5.57 Å². The average molecular weight is 381 g/mol. The van der Waals surface area contributed by atoms with Gasteiger partial charge in [0.2, 0.25) is 0 Å². The van der Waals surface area contributed by atoms with Crippen molar-refractivity contribution in [3.05, 3.63) is 58.2 Å². The first-order chi connectivity index (χ1) is 13.1. The van der Waals surface area contributed by atoms with Crippen molar-refractivity contribution in [2.45, 2.75) is 97.0 Å². The zero-order valence-electron chi connectivity index (χ0n) is 18.5. The summed E-state index contributed by atoms with van der Waals surface area (Å²) in [5, 5.41) is 0. The highest BCUT2D eigenvalue weighted by atomic mass is 16.5. The maximum atomic E-state index is 12.3. The first-order valence-corrected chi connectivity index (χ1v) is 10.9. The second-order valence-corrected chi connectivity index (χ2v) is 9.87. The van der Waals surface area contributed by atoms with E-state index >= 15 is 0 Å². The van der Waals surface area contributed by atoms with E-state index in [1.54, 1.807) is 0 Å². The van der Waals surface area contributed by atoms with Crippen LogP contribution in [-0.4, -0.2) is 12.1 Å². The molecule has 1 saturated carbocycles. The standard InChI is InChI=1S/C26H36O2/c1-7-21(24(27)28-20-12-13-20)18(2)9-8-10-19-11-14-22-23(17-19)26(5,6)16-15-25(22,3)4/h8-9,11,14,17,20H,7,10,12-13,15-16H2,1-6H3. The molecule has 0 radical (unpaired) electrons. The van der Waals surface area contributed by atoms with Crippen molar-refractivity contribution in [1.82, 2.24) is 0 Å². The van der Waals surface area contributed by atoms with Gasteiger partial charge in [0.1, 0.15) is 6.10 Å². The van der Waals surface area contributed by atoms with Gasteiger partial charge in [0.15, 0.2) is 0 Å². The molecule has 0 saturated heterocycles. The van der Waals surface area contributed by atoms with Crippen LogP contribution < -0.4 is 0 Å². The van der Waals surface area contributed by atoms with Crippen molar-refractivity contribution >= 4 is 5.97 Å². The fourth-order valence-electron chi connectivity index (χ4n) is 4.23. The van der Waals surface area contributed by atoms with E-state index in [-0.39, 0.29) is 22.9 Å². The van der Waals surface area contributed by atoms with Gasteiger partial charge in [0.25, 0.3) is 0 Å². The summed E-state index contributed by atoms with van der Waals surface area (Å²) in [7, 11) is 0. The Labute approximate surface area is 171 Å². The molecule has 0 bridgehead atoms. The molecule has 152 valence electrons. The van der Waals surface area contributed by atoms with Crippen LogP contribution >= 0.6 is 0 Å². The van der Waals surface area contributed by atoms with Crippen LogP contribution in [0.5, 0.6) is 0 Å². The number of carbonyl (C=O) groups excluding carboxylic acids is 1. The molecule has 0 atom stereocenters. The first kappa shape index (κ1) is 20.9. The number of hydrogen-bond acceptors (Lipinski definition) is 2. The molecule has 1 aromatic rings. The minimum atomic E-state index is -0.134. The third-order valence-corrected chi connectivity index (χ3v) is 6.51. The molecule has 2 aliphatic rings. The summed E-state index contributed by atoms with van der Waals surface area (Å²) in [6, 6.07) is 7.02. The summed E-state index contributed by atoms with van der Waals surface area (Å²) in [6.45, 7) is 13.5. The molecule has 1 aromatic carbocycles. The number of allylic oxidation sites excluding steroid dienone is 3. The molecule has 2 aliphatic carbocycles. The summed E-state index contributed by atoms with van der Waals surface area (Å²) in [5.74, 6) is -0.134. The van der Waals surface area contributed by atoms with Gasteiger partial charge in [-0.2, -0.15) is 0 Å². The van der Waals surface area contributed by atoms with E-state index in [9.17, 15) is 4.79 Å². The minimum Gasteiger partial charge on any atom is -0.459 e. The molecule has 0 heterocycles. The predicted octanol–water partition coefficient (Wildman–Crippen LogP) is 6.57. The molecule has 2 heteroatoms. The van der Waals surface area contributed by atoms with Crippen LogP contribution in [0.3, 0.4) is 0 Å². The van der Waals surface area contributed by atoms with Crippen molar-refractivity contribution in [3.63, 3.8) is 0 Å².